The lowest BCUT2D eigenvalue weighted by Crippen LogP contribution is -2.47. The summed E-state index contributed by atoms with van der Waals surface area (Å²) in [6, 6.07) is 7.52. The number of piperazine rings is 1. The quantitative estimate of drug-likeness (QED) is 0.447. The van der Waals surface area contributed by atoms with Crippen LogP contribution in [0.3, 0.4) is 0 Å². The number of hydrogen-bond donors (Lipinski definition) is 0. The highest BCUT2D eigenvalue weighted by atomic mass is 16.5. The van der Waals surface area contributed by atoms with Gasteiger partial charge in [0.25, 0.3) is 0 Å². The summed E-state index contributed by atoms with van der Waals surface area (Å²) in [5, 5.41) is 0. The van der Waals surface area contributed by atoms with Gasteiger partial charge in [-0.25, -0.2) is 0 Å². The van der Waals surface area contributed by atoms with Gasteiger partial charge in [0.05, 0.1) is 6.10 Å². The number of methoxy groups -OCH3 is 1. The van der Waals surface area contributed by atoms with Crippen LogP contribution in [0.5, 0.6) is 0 Å². The second kappa shape index (κ2) is 10.8. The Balaban J connectivity index is 1.33. The zero-order valence-corrected chi connectivity index (χ0v) is 22.2. The molecule has 2 saturated carbocycles. The Labute approximate surface area is 209 Å². The van der Waals surface area contributed by atoms with Crippen LogP contribution in [0.4, 0.5) is 11.4 Å². The molecule has 4 heteroatoms. The van der Waals surface area contributed by atoms with Crippen LogP contribution in [0.2, 0.25) is 0 Å². The van der Waals surface area contributed by atoms with E-state index in [1.807, 2.05) is 7.11 Å². The summed E-state index contributed by atoms with van der Waals surface area (Å²) in [7, 11) is 1.87. The normalized spacial score (nSPS) is 25.1. The zero-order valence-electron chi connectivity index (χ0n) is 22.2. The van der Waals surface area contributed by atoms with Crippen LogP contribution in [0.1, 0.15) is 89.5 Å². The molecule has 0 aromatic heterocycles. The molecule has 1 aromatic carbocycles. The highest BCUT2D eigenvalue weighted by molar-refractivity contribution is 5.63. The van der Waals surface area contributed by atoms with Crippen molar-refractivity contribution in [2.24, 2.45) is 11.3 Å². The number of nitrogens with zero attached hydrogens (tertiary/aromatic N) is 3. The van der Waals surface area contributed by atoms with Crippen molar-refractivity contribution in [3.63, 3.8) is 0 Å². The fraction of sp³-hybridized carbons (Fsp3) is 0.800. The average molecular weight is 468 g/mol. The molecule has 0 N–H and O–H groups in total. The Morgan fingerprint density at radius 3 is 2.09 bits per heavy atom. The minimum atomic E-state index is 0.441. The van der Waals surface area contributed by atoms with Crippen LogP contribution in [-0.2, 0) is 4.74 Å². The number of rotatable bonds is 8. The van der Waals surface area contributed by atoms with E-state index in [2.05, 4.69) is 46.7 Å². The molecule has 0 bridgehead atoms. The first-order valence-corrected chi connectivity index (χ1v) is 14.5. The van der Waals surface area contributed by atoms with E-state index in [-0.39, 0.29) is 0 Å². The number of hydrogen-bond acceptors (Lipinski definition) is 4. The van der Waals surface area contributed by atoms with Gasteiger partial charge in [-0.2, -0.15) is 0 Å². The maximum Gasteiger partial charge on any atom is 0.0605 e. The Bertz CT molecular complexity index is 776. The Hall–Kier alpha value is -1.26. The van der Waals surface area contributed by atoms with Crippen LogP contribution >= 0.6 is 0 Å². The summed E-state index contributed by atoms with van der Waals surface area (Å²) < 4.78 is 5.63. The SMILES string of the molecule is CCC1(CC)CCC(c2cc(N3CCC(OC)CC3)ccc2N2CCN(CC3CC3)CC2)CC1. The van der Waals surface area contributed by atoms with Crippen molar-refractivity contribution in [2.75, 3.05) is 62.7 Å². The molecule has 2 aliphatic carbocycles. The first-order valence-electron chi connectivity index (χ1n) is 14.5. The predicted octanol–water partition coefficient (Wildman–Crippen LogP) is 6.30. The third-order valence-electron chi connectivity index (χ3n) is 10.1. The first kappa shape index (κ1) is 24.4. The molecule has 4 fully saturated rings. The molecule has 0 spiro atoms. The molecule has 2 heterocycles. The molecule has 4 nitrogen and oxygen atoms in total. The van der Waals surface area contributed by atoms with Crippen LogP contribution in [0, 0.1) is 11.3 Å². The zero-order chi connectivity index (χ0) is 23.5. The Kier molecular flexibility index (Phi) is 7.75. The Morgan fingerprint density at radius 2 is 1.50 bits per heavy atom. The summed E-state index contributed by atoms with van der Waals surface area (Å²) in [6.07, 6.45) is 13.9. The van der Waals surface area contributed by atoms with Crippen LogP contribution < -0.4 is 9.80 Å². The van der Waals surface area contributed by atoms with E-state index in [9.17, 15) is 0 Å². The highest BCUT2D eigenvalue weighted by Crippen LogP contribution is 2.49. The second-order valence-corrected chi connectivity index (χ2v) is 11.9. The van der Waals surface area contributed by atoms with Crippen molar-refractivity contribution in [2.45, 2.75) is 90.1 Å². The lowest BCUT2D eigenvalue weighted by molar-refractivity contribution is 0.0819. The van der Waals surface area contributed by atoms with Gasteiger partial charge in [-0.1, -0.05) is 26.7 Å². The largest absolute Gasteiger partial charge is 0.381 e. The minimum Gasteiger partial charge on any atom is -0.381 e. The van der Waals surface area contributed by atoms with Gasteiger partial charge >= 0.3 is 0 Å². The lowest BCUT2D eigenvalue weighted by atomic mass is 9.66. The van der Waals surface area contributed by atoms with E-state index < -0.39 is 0 Å². The van der Waals surface area contributed by atoms with E-state index in [1.165, 1.54) is 89.8 Å². The van der Waals surface area contributed by atoms with Crippen molar-refractivity contribution in [1.82, 2.24) is 4.90 Å². The van der Waals surface area contributed by atoms with Gasteiger partial charge in [0.1, 0.15) is 0 Å². The minimum absolute atomic E-state index is 0.441. The first-order chi connectivity index (χ1) is 16.6. The monoisotopic (exact) mass is 467 g/mol. The summed E-state index contributed by atoms with van der Waals surface area (Å²) in [5.74, 6) is 1.73. The molecule has 0 amide bonds. The predicted molar refractivity (Wildman–Crippen MR) is 144 cm³/mol. The topological polar surface area (TPSA) is 19.0 Å². The number of benzene rings is 1. The maximum absolute atomic E-state index is 5.63. The van der Waals surface area contributed by atoms with Crippen LogP contribution in [-0.4, -0.2) is 63.9 Å². The third kappa shape index (κ3) is 5.43. The summed E-state index contributed by atoms with van der Waals surface area (Å²) in [5.41, 5.74) is 5.25. The van der Waals surface area contributed by atoms with Gasteiger partial charge < -0.3 is 14.5 Å². The van der Waals surface area contributed by atoms with E-state index in [4.69, 9.17) is 4.74 Å². The molecule has 2 aliphatic heterocycles. The summed E-state index contributed by atoms with van der Waals surface area (Å²) in [4.78, 5) is 8.06. The van der Waals surface area contributed by atoms with Gasteiger partial charge in [0, 0.05) is 64.3 Å². The highest BCUT2D eigenvalue weighted by Gasteiger charge is 2.35. The average Bonchev–Trinajstić information content (AvgIpc) is 3.73. The number of piperidine rings is 1. The molecule has 5 rings (SSSR count). The molecular formula is C30H49N3O. The smallest absolute Gasteiger partial charge is 0.0605 e. The molecule has 4 aliphatic rings. The summed E-state index contributed by atoms with van der Waals surface area (Å²) >= 11 is 0. The van der Waals surface area contributed by atoms with E-state index in [0.717, 1.165) is 37.8 Å². The van der Waals surface area contributed by atoms with Crippen molar-refractivity contribution >= 4 is 11.4 Å². The van der Waals surface area contributed by atoms with Gasteiger partial charge in [0.2, 0.25) is 0 Å². The van der Waals surface area contributed by atoms with E-state index in [1.54, 1.807) is 11.3 Å². The number of ether oxygens (including phenoxy) is 1. The molecular weight excluding hydrogens is 418 g/mol. The molecule has 190 valence electrons. The van der Waals surface area contributed by atoms with Crippen LogP contribution in [0.25, 0.3) is 0 Å². The standard InChI is InChI=1S/C30H49N3O/c1-4-30(5-2)14-10-25(11-15-30)28-22-26(32-16-12-27(34-3)13-17-32)8-9-29(28)33-20-18-31(19-21-33)23-24-6-7-24/h8-9,22,24-25,27H,4-7,10-21,23H2,1-3H3. The van der Waals surface area contributed by atoms with Gasteiger partial charge in [-0.05, 0) is 92.4 Å². The molecule has 0 atom stereocenters. The molecule has 1 aromatic rings. The fourth-order valence-electron chi connectivity index (χ4n) is 7.04. The maximum atomic E-state index is 5.63. The van der Waals surface area contributed by atoms with Crippen molar-refractivity contribution in [3.8, 4) is 0 Å². The van der Waals surface area contributed by atoms with Gasteiger partial charge in [-0.15, -0.1) is 0 Å². The number of anilines is 2. The third-order valence-corrected chi connectivity index (χ3v) is 10.1. The fourth-order valence-corrected chi connectivity index (χ4v) is 7.04. The van der Waals surface area contributed by atoms with Gasteiger partial charge in [0.15, 0.2) is 0 Å². The molecule has 2 saturated heterocycles. The van der Waals surface area contributed by atoms with E-state index >= 15 is 0 Å². The second-order valence-electron chi connectivity index (χ2n) is 11.9. The molecule has 34 heavy (non-hydrogen) atoms. The molecule has 0 radical (unpaired) electrons. The van der Waals surface area contributed by atoms with E-state index in [0.29, 0.717) is 11.5 Å². The Morgan fingerprint density at radius 1 is 0.824 bits per heavy atom. The van der Waals surface area contributed by atoms with Gasteiger partial charge in [-0.3, -0.25) is 4.90 Å². The van der Waals surface area contributed by atoms with Crippen LogP contribution in [0.15, 0.2) is 18.2 Å². The lowest BCUT2D eigenvalue weighted by Gasteiger charge is -2.42. The molecule has 0 unspecified atom stereocenters. The van der Waals surface area contributed by atoms with Crippen molar-refractivity contribution in [3.05, 3.63) is 23.8 Å². The van der Waals surface area contributed by atoms with Crippen molar-refractivity contribution < 1.29 is 4.74 Å². The van der Waals surface area contributed by atoms with Crippen molar-refractivity contribution in [1.29, 1.82) is 0 Å². The summed E-state index contributed by atoms with van der Waals surface area (Å²) in [6.45, 7) is 13.3.